The van der Waals surface area contributed by atoms with Crippen molar-refractivity contribution in [3.05, 3.63) is 70.9 Å². The summed E-state index contributed by atoms with van der Waals surface area (Å²) in [5, 5.41) is 4.02. The Bertz CT molecular complexity index is 1220. The Morgan fingerprint density at radius 1 is 1.16 bits per heavy atom. The molecule has 1 atom stereocenters. The van der Waals surface area contributed by atoms with E-state index in [2.05, 4.69) is 21.9 Å². The topological polar surface area (TPSA) is 41.1 Å². The highest BCUT2D eigenvalue weighted by Gasteiger charge is 2.39. The second-order valence-corrected chi connectivity index (χ2v) is 8.77. The van der Waals surface area contributed by atoms with Crippen LogP contribution in [-0.2, 0) is 12.3 Å². The SMILES string of the molecule is C=C1Cc2cc3nc(C)nc(N[C@H](C)c4cccc(C(F)(F)C(C)C)c4F)c3cc2N1C. The Labute approximate surface area is 186 Å². The van der Waals surface area contributed by atoms with Crippen molar-refractivity contribution in [3.63, 3.8) is 0 Å². The average Bonchev–Trinajstić information content (AvgIpc) is 2.99. The zero-order valence-corrected chi connectivity index (χ0v) is 18.9. The third-order valence-corrected chi connectivity index (χ3v) is 6.17. The fraction of sp³-hybridized carbons (Fsp3) is 0.360. The number of rotatable bonds is 5. The first-order chi connectivity index (χ1) is 15.0. The largest absolute Gasteiger partial charge is 0.363 e. The van der Waals surface area contributed by atoms with Crippen LogP contribution in [0.25, 0.3) is 10.9 Å². The van der Waals surface area contributed by atoms with Crippen molar-refractivity contribution in [1.82, 2.24) is 9.97 Å². The van der Waals surface area contributed by atoms with E-state index in [1.165, 1.54) is 26.0 Å². The summed E-state index contributed by atoms with van der Waals surface area (Å²) in [7, 11) is 1.96. The van der Waals surface area contributed by atoms with Gasteiger partial charge in [0.25, 0.3) is 5.92 Å². The van der Waals surface area contributed by atoms with Crippen LogP contribution in [0.4, 0.5) is 24.7 Å². The molecule has 168 valence electrons. The maximum Gasteiger partial charge on any atom is 0.278 e. The lowest BCUT2D eigenvalue weighted by molar-refractivity contribution is -0.0545. The van der Waals surface area contributed by atoms with Gasteiger partial charge in [0.1, 0.15) is 17.5 Å². The van der Waals surface area contributed by atoms with E-state index < -0.39 is 29.3 Å². The van der Waals surface area contributed by atoms with Gasteiger partial charge >= 0.3 is 0 Å². The molecule has 7 heteroatoms. The first-order valence-electron chi connectivity index (χ1n) is 10.7. The number of benzene rings is 2. The molecule has 32 heavy (non-hydrogen) atoms. The molecule has 0 bridgehead atoms. The van der Waals surface area contributed by atoms with Gasteiger partial charge in [-0.15, -0.1) is 0 Å². The molecule has 0 amide bonds. The van der Waals surface area contributed by atoms with Gasteiger partial charge in [-0.3, -0.25) is 0 Å². The van der Waals surface area contributed by atoms with Gasteiger partial charge in [-0.25, -0.2) is 23.1 Å². The molecule has 4 nitrogen and oxygen atoms in total. The summed E-state index contributed by atoms with van der Waals surface area (Å²) in [6, 6.07) is 7.58. The summed E-state index contributed by atoms with van der Waals surface area (Å²) in [6.45, 7) is 10.4. The normalized spacial score (nSPS) is 14.9. The first-order valence-corrected chi connectivity index (χ1v) is 10.7. The highest BCUT2D eigenvalue weighted by molar-refractivity contribution is 5.94. The summed E-state index contributed by atoms with van der Waals surface area (Å²) in [4.78, 5) is 11.1. The lowest BCUT2D eigenvalue weighted by atomic mass is 9.94. The van der Waals surface area contributed by atoms with Gasteiger partial charge in [-0.1, -0.05) is 38.6 Å². The van der Waals surface area contributed by atoms with Gasteiger partial charge in [0, 0.05) is 41.7 Å². The van der Waals surface area contributed by atoms with E-state index in [-0.39, 0.29) is 5.56 Å². The Morgan fingerprint density at radius 3 is 2.56 bits per heavy atom. The van der Waals surface area contributed by atoms with Crippen LogP contribution in [0.15, 0.2) is 42.6 Å². The maximum atomic E-state index is 15.2. The third kappa shape index (κ3) is 3.59. The van der Waals surface area contributed by atoms with Crippen molar-refractivity contribution in [3.8, 4) is 0 Å². The van der Waals surface area contributed by atoms with Crippen molar-refractivity contribution in [1.29, 1.82) is 0 Å². The van der Waals surface area contributed by atoms with Crippen LogP contribution in [-0.4, -0.2) is 17.0 Å². The molecule has 0 radical (unpaired) electrons. The number of alkyl halides is 2. The van der Waals surface area contributed by atoms with Gasteiger partial charge in [-0.05, 0) is 31.5 Å². The molecule has 1 N–H and O–H groups in total. The predicted molar refractivity (Wildman–Crippen MR) is 123 cm³/mol. The minimum absolute atomic E-state index is 0.166. The van der Waals surface area contributed by atoms with E-state index in [9.17, 15) is 8.78 Å². The molecule has 3 aromatic rings. The van der Waals surface area contributed by atoms with E-state index in [1.54, 1.807) is 13.8 Å². The molecule has 2 aromatic carbocycles. The minimum Gasteiger partial charge on any atom is -0.363 e. The Balaban J connectivity index is 1.75. The van der Waals surface area contributed by atoms with Crippen molar-refractivity contribution in [2.75, 3.05) is 17.3 Å². The molecule has 0 aliphatic carbocycles. The molecule has 1 aliphatic rings. The number of aromatic nitrogens is 2. The van der Waals surface area contributed by atoms with Gasteiger partial charge in [0.2, 0.25) is 0 Å². The van der Waals surface area contributed by atoms with Crippen molar-refractivity contribution in [2.45, 2.75) is 46.1 Å². The first kappa shape index (κ1) is 22.1. The van der Waals surface area contributed by atoms with E-state index in [0.29, 0.717) is 11.6 Å². The number of hydrogen-bond acceptors (Lipinski definition) is 4. The average molecular weight is 441 g/mol. The van der Waals surface area contributed by atoms with Crippen LogP contribution in [0, 0.1) is 18.7 Å². The second-order valence-electron chi connectivity index (χ2n) is 8.77. The van der Waals surface area contributed by atoms with E-state index in [4.69, 9.17) is 0 Å². The number of likely N-dealkylation sites (N-methyl/N-ethyl adjacent to an activating group) is 1. The molecule has 0 spiro atoms. The fourth-order valence-corrected chi connectivity index (χ4v) is 4.13. The van der Waals surface area contributed by atoms with Gasteiger partial charge in [0.15, 0.2) is 0 Å². The van der Waals surface area contributed by atoms with E-state index >= 15 is 4.39 Å². The molecule has 1 aromatic heterocycles. The molecule has 0 fully saturated rings. The molecule has 4 rings (SSSR count). The van der Waals surface area contributed by atoms with Crippen molar-refractivity contribution < 1.29 is 13.2 Å². The Morgan fingerprint density at radius 2 is 1.88 bits per heavy atom. The predicted octanol–water partition coefficient (Wildman–Crippen LogP) is 6.50. The molecule has 1 aliphatic heterocycles. The fourth-order valence-electron chi connectivity index (χ4n) is 4.13. The number of halogens is 3. The maximum absolute atomic E-state index is 15.2. The van der Waals surface area contributed by atoms with Crippen LogP contribution < -0.4 is 10.2 Å². The number of aryl methyl sites for hydroxylation is 1. The number of nitrogens with one attached hydrogen (secondary N) is 1. The number of anilines is 2. The van der Waals surface area contributed by atoms with E-state index in [1.807, 2.05) is 24.1 Å². The summed E-state index contributed by atoms with van der Waals surface area (Å²) in [6.07, 6.45) is 0.756. The minimum atomic E-state index is -3.26. The van der Waals surface area contributed by atoms with Crippen molar-refractivity contribution >= 4 is 22.4 Å². The zero-order chi connectivity index (χ0) is 23.4. The molecule has 2 heterocycles. The monoisotopic (exact) mass is 440 g/mol. The number of fused-ring (bicyclic) bond motifs is 2. The van der Waals surface area contributed by atoms with Crippen LogP contribution >= 0.6 is 0 Å². The number of nitrogens with zero attached hydrogens (tertiary/aromatic N) is 3. The van der Waals surface area contributed by atoms with Crippen molar-refractivity contribution in [2.24, 2.45) is 5.92 Å². The highest BCUT2D eigenvalue weighted by atomic mass is 19.3. The third-order valence-electron chi connectivity index (χ3n) is 6.17. The standard InChI is InChI=1S/C25H27F3N4/c1-13(2)25(27,28)20-9-7-8-18(23(20)26)15(4)29-24-19-12-22-17(10-14(3)32(22)6)11-21(19)30-16(5)31-24/h7-9,11-13,15H,3,10H2,1-2,4-6H3,(H,29,30,31)/t15-/m1/s1. The molecular formula is C25H27F3N4. The second kappa shape index (κ2) is 7.80. The van der Waals surface area contributed by atoms with Crippen LogP contribution in [0.3, 0.4) is 0 Å². The lowest BCUT2D eigenvalue weighted by Crippen LogP contribution is -2.24. The van der Waals surface area contributed by atoms with Crippen LogP contribution in [0.2, 0.25) is 0 Å². The molecule has 0 unspecified atom stereocenters. The summed E-state index contributed by atoms with van der Waals surface area (Å²) in [5.74, 6) is -4.06. The van der Waals surface area contributed by atoms with Crippen LogP contribution in [0.5, 0.6) is 0 Å². The van der Waals surface area contributed by atoms with E-state index in [0.717, 1.165) is 40.3 Å². The Hall–Kier alpha value is -3.09. The van der Waals surface area contributed by atoms with Crippen LogP contribution in [0.1, 0.15) is 49.3 Å². The summed E-state index contributed by atoms with van der Waals surface area (Å²) in [5.41, 5.74) is 3.51. The quantitative estimate of drug-likeness (QED) is 0.491. The van der Waals surface area contributed by atoms with Gasteiger partial charge < -0.3 is 10.2 Å². The number of hydrogen-bond donors (Lipinski definition) is 1. The van der Waals surface area contributed by atoms with Gasteiger partial charge in [0.05, 0.1) is 17.1 Å². The molecule has 0 saturated heterocycles. The smallest absolute Gasteiger partial charge is 0.278 e. The zero-order valence-electron chi connectivity index (χ0n) is 18.9. The highest BCUT2D eigenvalue weighted by Crippen LogP contribution is 2.40. The summed E-state index contributed by atoms with van der Waals surface area (Å²) >= 11 is 0. The molecule has 0 saturated carbocycles. The lowest BCUT2D eigenvalue weighted by Gasteiger charge is -2.24. The Kier molecular flexibility index (Phi) is 5.39. The van der Waals surface area contributed by atoms with Gasteiger partial charge in [-0.2, -0.15) is 0 Å². The summed E-state index contributed by atoms with van der Waals surface area (Å²) < 4.78 is 44.3. The molecular weight excluding hydrogens is 413 g/mol. The number of allylic oxidation sites excluding steroid dienone is 1.